The van der Waals surface area contributed by atoms with E-state index in [0.717, 1.165) is 30.7 Å². The van der Waals surface area contributed by atoms with Gasteiger partial charge < -0.3 is 4.74 Å². The average Bonchev–Trinajstić information content (AvgIpc) is 2.47. The Morgan fingerprint density at radius 1 is 1.29 bits per heavy atom. The molecular formula is C18H25NO2. The molecule has 114 valence electrons. The second-order valence-electron chi connectivity index (χ2n) is 6.47. The molecule has 2 fully saturated rings. The summed E-state index contributed by atoms with van der Waals surface area (Å²) in [5.74, 6) is 0.249. The van der Waals surface area contributed by atoms with Crippen molar-refractivity contribution in [3.05, 3.63) is 34.9 Å². The van der Waals surface area contributed by atoms with E-state index in [9.17, 15) is 4.79 Å². The molecule has 0 spiro atoms. The minimum Gasteiger partial charge on any atom is -0.375 e. The predicted octanol–water partition coefficient (Wildman–Crippen LogP) is 3.13. The maximum Gasteiger partial charge on any atom is 0.177 e. The SMILES string of the molecule is Cc1ccc(C(=O)CN2CCOC3CCCCC32)c(C)c1. The van der Waals surface area contributed by atoms with Gasteiger partial charge in [-0.15, -0.1) is 0 Å². The molecule has 1 aromatic rings. The molecule has 2 unspecified atom stereocenters. The Hall–Kier alpha value is -1.19. The van der Waals surface area contributed by atoms with Crippen molar-refractivity contribution in [2.45, 2.75) is 51.7 Å². The summed E-state index contributed by atoms with van der Waals surface area (Å²) < 4.78 is 5.89. The van der Waals surface area contributed by atoms with E-state index < -0.39 is 0 Å². The Morgan fingerprint density at radius 3 is 2.90 bits per heavy atom. The normalized spacial score (nSPS) is 26.4. The molecule has 0 bridgehead atoms. The zero-order chi connectivity index (χ0) is 14.8. The highest BCUT2D eigenvalue weighted by Gasteiger charge is 2.35. The standard InChI is InChI=1S/C18H25NO2/c1-13-7-8-15(14(2)11-13)17(20)12-19-9-10-21-18-6-4-3-5-16(18)19/h7-8,11,16,18H,3-6,9-10,12H2,1-2H3. The van der Waals surface area contributed by atoms with Crippen LogP contribution in [0.4, 0.5) is 0 Å². The highest BCUT2D eigenvalue weighted by atomic mass is 16.5. The summed E-state index contributed by atoms with van der Waals surface area (Å²) in [5.41, 5.74) is 3.18. The highest BCUT2D eigenvalue weighted by molar-refractivity contribution is 5.99. The molecule has 1 heterocycles. The zero-order valence-electron chi connectivity index (χ0n) is 13.1. The lowest BCUT2D eigenvalue weighted by atomic mass is 9.89. The number of morpholine rings is 1. The van der Waals surface area contributed by atoms with Crippen LogP contribution >= 0.6 is 0 Å². The van der Waals surface area contributed by atoms with E-state index in [0.29, 0.717) is 18.7 Å². The van der Waals surface area contributed by atoms with Gasteiger partial charge in [0.1, 0.15) is 0 Å². The van der Waals surface area contributed by atoms with Crippen molar-refractivity contribution in [2.75, 3.05) is 19.7 Å². The number of ether oxygens (including phenoxy) is 1. The second kappa shape index (κ2) is 6.29. The second-order valence-corrected chi connectivity index (χ2v) is 6.47. The number of carbonyl (C=O) groups is 1. The third-order valence-corrected chi connectivity index (χ3v) is 4.88. The van der Waals surface area contributed by atoms with Gasteiger partial charge in [-0.2, -0.15) is 0 Å². The first-order valence-electron chi connectivity index (χ1n) is 8.11. The summed E-state index contributed by atoms with van der Waals surface area (Å²) in [6.45, 7) is 6.28. The minimum absolute atomic E-state index is 0.249. The van der Waals surface area contributed by atoms with Crippen LogP contribution in [0.2, 0.25) is 0 Å². The van der Waals surface area contributed by atoms with Crippen LogP contribution in [-0.4, -0.2) is 42.5 Å². The van der Waals surface area contributed by atoms with E-state index in [1.165, 1.54) is 24.8 Å². The lowest BCUT2D eigenvalue weighted by Gasteiger charge is -2.43. The number of ketones is 1. The molecule has 1 saturated heterocycles. The molecule has 2 atom stereocenters. The number of carbonyl (C=O) groups excluding carboxylic acids is 1. The van der Waals surface area contributed by atoms with Crippen LogP contribution in [0.3, 0.4) is 0 Å². The lowest BCUT2D eigenvalue weighted by molar-refractivity contribution is -0.0846. The van der Waals surface area contributed by atoms with Crippen LogP contribution in [0, 0.1) is 13.8 Å². The highest BCUT2D eigenvalue weighted by Crippen LogP contribution is 2.28. The summed E-state index contributed by atoms with van der Waals surface area (Å²) in [5, 5.41) is 0. The Bertz CT molecular complexity index is 524. The van der Waals surface area contributed by atoms with Gasteiger partial charge in [0.25, 0.3) is 0 Å². The van der Waals surface area contributed by atoms with Gasteiger partial charge in [-0.1, -0.05) is 36.6 Å². The molecule has 0 N–H and O–H groups in total. The summed E-state index contributed by atoms with van der Waals surface area (Å²) in [4.78, 5) is 15.0. The smallest absolute Gasteiger partial charge is 0.177 e. The molecule has 3 heteroatoms. The van der Waals surface area contributed by atoms with Gasteiger partial charge in [-0.25, -0.2) is 0 Å². The molecule has 1 aliphatic carbocycles. The molecule has 1 aliphatic heterocycles. The number of fused-ring (bicyclic) bond motifs is 1. The summed E-state index contributed by atoms with van der Waals surface area (Å²) >= 11 is 0. The number of nitrogens with zero attached hydrogens (tertiary/aromatic N) is 1. The third kappa shape index (κ3) is 3.19. The number of rotatable bonds is 3. The molecule has 0 amide bonds. The van der Waals surface area contributed by atoms with E-state index >= 15 is 0 Å². The largest absolute Gasteiger partial charge is 0.375 e. The maximum atomic E-state index is 12.6. The van der Waals surface area contributed by atoms with Crippen molar-refractivity contribution in [3.63, 3.8) is 0 Å². The van der Waals surface area contributed by atoms with Gasteiger partial charge in [-0.05, 0) is 32.3 Å². The van der Waals surface area contributed by atoms with Crippen molar-refractivity contribution in [3.8, 4) is 0 Å². The predicted molar refractivity (Wildman–Crippen MR) is 83.8 cm³/mol. The van der Waals surface area contributed by atoms with E-state index in [2.05, 4.69) is 17.9 Å². The maximum absolute atomic E-state index is 12.6. The van der Waals surface area contributed by atoms with Crippen LogP contribution < -0.4 is 0 Å². The third-order valence-electron chi connectivity index (χ3n) is 4.88. The Labute approximate surface area is 127 Å². The molecule has 21 heavy (non-hydrogen) atoms. The van der Waals surface area contributed by atoms with Crippen molar-refractivity contribution in [2.24, 2.45) is 0 Å². The first kappa shape index (κ1) is 14.7. The fraction of sp³-hybridized carbons (Fsp3) is 0.611. The number of hydrogen-bond donors (Lipinski definition) is 0. The fourth-order valence-electron chi connectivity index (χ4n) is 3.77. The summed E-state index contributed by atoms with van der Waals surface area (Å²) in [7, 11) is 0. The molecule has 3 nitrogen and oxygen atoms in total. The number of benzene rings is 1. The van der Waals surface area contributed by atoms with Crippen molar-refractivity contribution in [1.29, 1.82) is 0 Å². The number of Topliss-reactive ketones (excluding diaryl/α,β-unsaturated/α-hetero) is 1. The average molecular weight is 287 g/mol. The van der Waals surface area contributed by atoms with E-state index in [4.69, 9.17) is 4.74 Å². The topological polar surface area (TPSA) is 29.5 Å². The van der Waals surface area contributed by atoms with Gasteiger partial charge in [0, 0.05) is 18.2 Å². The molecule has 2 aliphatic rings. The van der Waals surface area contributed by atoms with E-state index in [1.807, 2.05) is 19.1 Å². The molecule has 3 rings (SSSR count). The lowest BCUT2D eigenvalue weighted by Crippen LogP contribution is -2.54. The minimum atomic E-state index is 0.249. The summed E-state index contributed by atoms with van der Waals surface area (Å²) in [6, 6.07) is 6.55. The van der Waals surface area contributed by atoms with E-state index in [-0.39, 0.29) is 5.78 Å². The van der Waals surface area contributed by atoms with E-state index in [1.54, 1.807) is 0 Å². The van der Waals surface area contributed by atoms with Gasteiger partial charge in [0.15, 0.2) is 5.78 Å². The van der Waals surface area contributed by atoms with Crippen LogP contribution in [0.15, 0.2) is 18.2 Å². The summed E-state index contributed by atoms with van der Waals surface area (Å²) in [6.07, 6.45) is 5.20. The van der Waals surface area contributed by atoms with Gasteiger partial charge in [0.2, 0.25) is 0 Å². The molecule has 1 aromatic carbocycles. The Morgan fingerprint density at radius 2 is 2.10 bits per heavy atom. The van der Waals surface area contributed by atoms with Gasteiger partial charge in [0.05, 0.1) is 19.3 Å². The first-order valence-corrected chi connectivity index (χ1v) is 8.11. The van der Waals surface area contributed by atoms with Crippen molar-refractivity contribution in [1.82, 2.24) is 4.90 Å². The molecule has 1 saturated carbocycles. The van der Waals surface area contributed by atoms with Crippen LogP contribution in [0.5, 0.6) is 0 Å². The first-order chi connectivity index (χ1) is 10.1. The van der Waals surface area contributed by atoms with Crippen LogP contribution in [-0.2, 0) is 4.74 Å². The van der Waals surface area contributed by atoms with Crippen molar-refractivity contribution >= 4 is 5.78 Å². The fourth-order valence-corrected chi connectivity index (χ4v) is 3.77. The Balaban J connectivity index is 1.71. The molecular weight excluding hydrogens is 262 g/mol. The number of aryl methyl sites for hydroxylation is 2. The van der Waals surface area contributed by atoms with Gasteiger partial charge in [-0.3, -0.25) is 9.69 Å². The Kier molecular flexibility index (Phi) is 4.41. The molecule has 0 radical (unpaired) electrons. The monoisotopic (exact) mass is 287 g/mol. The van der Waals surface area contributed by atoms with Crippen LogP contribution in [0.25, 0.3) is 0 Å². The zero-order valence-corrected chi connectivity index (χ0v) is 13.1. The molecule has 0 aromatic heterocycles. The quantitative estimate of drug-likeness (QED) is 0.800. The van der Waals surface area contributed by atoms with Gasteiger partial charge >= 0.3 is 0 Å². The number of hydrogen-bond acceptors (Lipinski definition) is 3. The van der Waals surface area contributed by atoms with Crippen molar-refractivity contribution < 1.29 is 9.53 Å². The van der Waals surface area contributed by atoms with Crippen LogP contribution in [0.1, 0.15) is 47.2 Å².